The fourth-order valence-electron chi connectivity index (χ4n) is 9.80. The SMILES string of the molecule is COC(=O)N[C@H]1CCc2ccn3c2C1C(=O)C[C@H](c1nc2ccc(-c4ccc5cc(-c6cnc([C@@H]7CCCN7C(=O)[C@@H](NC(=O)OC)C(C)C)[nH]6)ccc5c4)cc2n1C(=O)OC)C3. The van der Waals surface area contributed by atoms with Gasteiger partial charge < -0.3 is 39.3 Å². The fourth-order valence-corrected chi connectivity index (χ4v) is 9.80. The van der Waals surface area contributed by atoms with Gasteiger partial charge in [0.1, 0.15) is 23.5 Å². The van der Waals surface area contributed by atoms with Crippen LogP contribution < -0.4 is 10.6 Å². The zero-order valence-corrected chi connectivity index (χ0v) is 35.8. The zero-order valence-electron chi connectivity index (χ0n) is 35.8. The number of hydrogen-bond donors (Lipinski definition) is 3. The predicted molar refractivity (Wildman–Crippen MR) is 233 cm³/mol. The van der Waals surface area contributed by atoms with Crippen LogP contribution in [0.5, 0.6) is 0 Å². The molecule has 1 fully saturated rings. The van der Waals surface area contributed by atoms with Crippen molar-refractivity contribution in [2.24, 2.45) is 5.92 Å². The molecule has 3 N–H and O–H groups in total. The van der Waals surface area contributed by atoms with Gasteiger partial charge in [0, 0.05) is 48.9 Å². The average molecular weight is 855 g/mol. The van der Waals surface area contributed by atoms with Crippen molar-refractivity contribution >= 4 is 51.8 Å². The molecule has 63 heavy (non-hydrogen) atoms. The van der Waals surface area contributed by atoms with E-state index in [1.54, 1.807) is 11.1 Å². The Hall–Kier alpha value is -6.97. The van der Waals surface area contributed by atoms with Gasteiger partial charge in [-0.05, 0) is 89.4 Å². The van der Waals surface area contributed by atoms with E-state index in [9.17, 15) is 24.0 Å². The number of alkyl carbamates (subject to hydrolysis) is 2. The standard InChI is InChI=1S/C47H50N8O8/c1-25(2)40(52-46(59)62-4)44(57)54-17-6-7-36(54)42-48-23-35(49-42)31-11-10-27-19-28(8-9-29(27)20-31)30-13-14-33-37(21-30)55(47(60)63-5)43(50-33)32-22-38(56)39-34(51-45(58)61-3)15-12-26-16-18-53(24-32)41(26)39/h8-11,13-14,16,18-21,23,25,32,34,36,39-40H,6-7,12,15,17,22,24H2,1-5H3,(H,48,49)(H,51,58)(H,52,59)/t32-,34-,36-,39?,40-/m0/s1. The molecule has 2 aliphatic heterocycles. The van der Waals surface area contributed by atoms with Crippen LogP contribution in [-0.2, 0) is 36.8 Å². The van der Waals surface area contributed by atoms with Crippen LogP contribution in [0.25, 0.3) is 44.2 Å². The monoisotopic (exact) mass is 854 g/mol. The molecule has 0 bridgehead atoms. The summed E-state index contributed by atoms with van der Waals surface area (Å²) in [7, 11) is 3.93. The lowest BCUT2D eigenvalue weighted by atomic mass is 9.79. The first-order valence-corrected chi connectivity index (χ1v) is 21.4. The van der Waals surface area contributed by atoms with Crippen LogP contribution in [-0.4, -0.2) is 98.9 Å². The third-order valence-corrected chi connectivity index (χ3v) is 12.9. The quantitative estimate of drug-likeness (QED) is 0.132. The highest BCUT2D eigenvalue weighted by molar-refractivity contribution is 5.95. The Bertz CT molecular complexity index is 2790. The minimum Gasteiger partial charge on any atom is -0.453 e. The summed E-state index contributed by atoms with van der Waals surface area (Å²) in [5, 5.41) is 7.60. The lowest BCUT2D eigenvalue weighted by Crippen LogP contribution is -2.51. The van der Waals surface area contributed by atoms with Gasteiger partial charge in [-0.2, -0.15) is 0 Å². The normalized spacial score (nSPS) is 20.0. The van der Waals surface area contributed by atoms with Crippen molar-refractivity contribution < 1.29 is 38.2 Å². The van der Waals surface area contributed by atoms with Crippen molar-refractivity contribution in [3.8, 4) is 22.4 Å². The van der Waals surface area contributed by atoms with Crippen molar-refractivity contribution in [2.45, 2.75) is 82.5 Å². The molecule has 0 spiro atoms. The summed E-state index contributed by atoms with van der Waals surface area (Å²) in [6.45, 7) is 4.78. The number of H-pyrrole nitrogens is 1. The summed E-state index contributed by atoms with van der Waals surface area (Å²) in [6.07, 6.45) is 4.99. The van der Waals surface area contributed by atoms with Gasteiger partial charge in [-0.25, -0.2) is 28.9 Å². The van der Waals surface area contributed by atoms with Crippen LogP contribution in [0.4, 0.5) is 14.4 Å². The molecule has 1 aliphatic carbocycles. The number of benzene rings is 3. The molecule has 3 aromatic heterocycles. The largest absolute Gasteiger partial charge is 0.453 e. The molecule has 5 atom stereocenters. The molecule has 9 rings (SSSR count). The minimum atomic E-state index is -0.714. The third kappa shape index (κ3) is 7.56. The first-order chi connectivity index (χ1) is 30.5. The van der Waals surface area contributed by atoms with Crippen LogP contribution in [0.2, 0.25) is 0 Å². The number of ketones is 1. The molecule has 16 nitrogen and oxygen atoms in total. The Labute approximate surface area is 363 Å². The number of nitrogens with one attached hydrogen (secondary N) is 3. The molecule has 3 amide bonds. The van der Waals surface area contributed by atoms with Gasteiger partial charge >= 0.3 is 18.3 Å². The van der Waals surface area contributed by atoms with Gasteiger partial charge in [-0.3, -0.25) is 9.59 Å². The summed E-state index contributed by atoms with van der Waals surface area (Å²) < 4.78 is 18.5. The molecule has 1 unspecified atom stereocenters. The third-order valence-electron chi connectivity index (χ3n) is 12.9. The second-order valence-electron chi connectivity index (χ2n) is 17.0. The summed E-state index contributed by atoms with van der Waals surface area (Å²) in [5.74, 6) is -0.171. The molecule has 3 aromatic carbocycles. The Morgan fingerprint density at radius 1 is 0.873 bits per heavy atom. The second kappa shape index (κ2) is 16.7. The summed E-state index contributed by atoms with van der Waals surface area (Å²) in [4.78, 5) is 80.6. The number of ether oxygens (including phenoxy) is 3. The van der Waals surface area contributed by atoms with E-state index in [2.05, 4.69) is 44.5 Å². The maximum absolute atomic E-state index is 14.1. The van der Waals surface area contributed by atoms with Crippen molar-refractivity contribution in [3.63, 3.8) is 0 Å². The molecular formula is C47H50N8O8. The van der Waals surface area contributed by atoms with E-state index < -0.39 is 42.2 Å². The predicted octanol–water partition coefficient (Wildman–Crippen LogP) is 7.22. The number of carbonyl (C=O) groups excluding carboxylic acids is 5. The van der Waals surface area contributed by atoms with Gasteiger partial charge in [0.15, 0.2) is 0 Å². The van der Waals surface area contributed by atoms with E-state index in [0.717, 1.165) is 63.7 Å². The van der Waals surface area contributed by atoms with Crippen LogP contribution in [0.15, 0.2) is 73.1 Å². The van der Waals surface area contributed by atoms with Crippen LogP contribution in [0.1, 0.15) is 80.3 Å². The molecule has 3 aliphatic rings. The number of imidazole rings is 2. The highest BCUT2D eigenvalue weighted by Crippen LogP contribution is 2.41. The minimum absolute atomic E-state index is 0.0326. The number of likely N-dealkylation sites (tertiary alicyclic amines) is 1. The second-order valence-corrected chi connectivity index (χ2v) is 17.0. The molecule has 326 valence electrons. The fraction of sp³-hybridized carbons (Fsp3) is 0.383. The van der Waals surface area contributed by atoms with E-state index in [1.807, 2.05) is 56.4 Å². The Kier molecular flexibility index (Phi) is 11.0. The van der Waals surface area contributed by atoms with Crippen LogP contribution >= 0.6 is 0 Å². The number of aromatic nitrogens is 5. The zero-order chi connectivity index (χ0) is 44.1. The number of amides is 3. The number of methoxy groups -OCH3 is 3. The van der Waals surface area contributed by atoms with Gasteiger partial charge in [-0.15, -0.1) is 0 Å². The van der Waals surface area contributed by atoms with E-state index in [0.29, 0.717) is 42.2 Å². The Balaban J connectivity index is 0.977. The topological polar surface area (TPSA) is 192 Å². The first kappa shape index (κ1) is 41.4. The molecule has 0 saturated carbocycles. The number of nitrogens with zero attached hydrogens (tertiary/aromatic N) is 5. The number of aryl methyl sites for hydroxylation is 1. The van der Waals surface area contributed by atoms with Crippen molar-refractivity contribution in [1.29, 1.82) is 0 Å². The molecule has 1 saturated heterocycles. The smallest absolute Gasteiger partial charge is 0.419 e. The number of rotatable bonds is 8. The van der Waals surface area contributed by atoms with Gasteiger partial charge in [0.05, 0.1) is 56.2 Å². The van der Waals surface area contributed by atoms with Crippen molar-refractivity contribution in [2.75, 3.05) is 27.9 Å². The van der Waals surface area contributed by atoms with Gasteiger partial charge in [0.2, 0.25) is 5.91 Å². The van der Waals surface area contributed by atoms with Gasteiger partial charge in [0.25, 0.3) is 0 Å². The van der Waals surface area contributed by atoms with Crippen LogP contribution in [0, 0.1) is 5.92 Å². The molecule has 0 radical (unpaired) electrons. The average Bonchev–Trinajstić information content (AvgIpc) is 4.11. The summed E-state index contributed by atoms with van der Waals surface area (Å²) in [6, 6.07) is 18.8. The first-order valence-electron chi connectivity index (χ1n) is 21.4. The number of fused-ring (bicyclic) bond motifs is 2. The van der Waals surface area contributed by atoms with E-state index >= 15 is 0 Å². The molecule has 16 heteroatoms. The molecular weight excluding hydrogens is 805 g/mol. The number of aromatic amines is 1. The van der Waals surface area contributed by atoms with Crippen molar-refractivity contribution in [1.82, 2.24) is 39.6 Å². The molecule has 5 heterocycles. The maximum atomic E-state index is 14.1. The number of Topliss-reactive ketones (excluding diaryl/α,β-unsaturated/α-hetero) is 1. The van der Waals surface area contributed by atoms with Crippen LogP contribution in [0.3, 0.4) is 0 Å². The summed E-state index contributed by atoms with van der Waals surface area (Å²) >= 11 is 0. The lowest BCUT2D eigenvalue weighted by Gasteiger charge is -2.31. The van der Waals surface area contributed by atoms with E-state index in [-0.39, 0.29) is 30.1 Å². The Morgan fingerprint density at radius 3 is 2.35 bits per heavy atom. The highest BCUT2D eigenvalue weighted by Gasteiger charge is 2.43. The lowest BCUT2D eigenvalue weighted by molar-refractivity contribution is -0.135. The maximum Gasteiger partial charge on any atom is 0.419 e. The highest BCUT2D eigenvalue weighted by atomic mass is 16.5. The summed E-state index contributed by atoms with van der Waals surface area (Å²) in [5.41, 5.74) is 6.72. The Morgan fingerprint density at radius 2 is 1.60 bits per heavy atom. The van der Waals surface area contributed by atoms with Crippen molar-refractivity contribution in [3.05, 3.63) is 96.0 Å². The van der Waals surface area contributed by atoms with E-state index in [1.165, 1.54) is 25.9 Å². The molecule has 6 aromatic rings. The van der Waals surface area contributed by atoms with Gasteiger partial charge in [-0.1, -0.05) is 44.2 Å². The number of hydrogen-bond acceptors (Lipinski definition) is 10. The van der Waals surface area contributed by atoms with E-state index in [4.69, 9.17) is 24.2 Å². The number of carbonyl (C=O) groups is 5.